The Morgan fingerprint density at radius 3 is 2.40 bits per heavy atom. The van der Waals surface area contributed by atoms with Gasteiger partial charge in [-0.1, -0.05) is 20.8 Å². The Hall–Kier alpha value is -0.370. The first-order valence-corrected chi connectivity index (χ1v) is 3.77. The Kier molecular flexibility index (Phi) is 5.22. The second-order valence-corrected chi connectivity index (χ2v) is 2.81. The molecule has 1 unspecified atom stereocenters. The molecule has 0 aliphatic rings. The minimum absolute atomic E-state index is 0.192. The quantitative estimate of drug-likeness (QED) is 0.548. The van der Waals surface area contributed by atoms with Crippen molar-refractivity contribution in [1.82, 2.24) is 0 Å². The summed E-state index contributed by atoms with van der Waals surface area (Å²) < 4.78 is 5.23. The molecule has 0 spiro atoms. The molecule has 0 saturated heterocycles. The monoisotopic (exact) mass is 144 g/mol. The molecular weight excluding hydrogens is 128 g/mol. The molecule has 0 amide bonds. The smallest absolute Gasteiger partial charge is 0.148 e. The molecule has 10 heavy (non-hydrogen) atoms. The van der Waals surface area contributed by atoms with Gasteiger partial charge in [-0.3, -0.25) is 0 Å². The van der Waals surface area contributed by atoms with Gasteiger partial charge in [-0.25, -0.2) is 0 Å². The summed E-state index contributed by atoms with van der Waals surface area (Å²) in [7, 11) is 0. The molecule has 0 aliphatic heterocycles. The first-order chi connectivity index (χ1) is 4.70. The van der Waals surface area contributed by atoms with Crippen LogP contribution in [-0.2, 0) is 9.53 Å². The number of ether oxygens (including phenoxy) is 1. The van der Waals surface area contributed by atoms with E-state index < -0.39 is 0 Å². The molecular formula is C8H16O2. The fourth-order valence-corrected chi connectivity index (χ4v) is 0.569. The highest BCUT2D eigenvalue weighted by molar-refractivity contribution is 5.55. The number of hydrogen-bond acceptors (Lipinski definition) is 2. The highest BCUT2D eigenvalue weighted by atomic mass is 16.5. The predicted molar refractivity (Wildman–Crippen MR) is 40.9 cm³/mol. The van der Waals surface area contributed by atoms with Gasteiger partial charge >= 0.3 is 0 Å². The standard InChI is InChI=1S/C8H16O2/c1-4-8(5-9)10-6-7(2)3/h5,7-8H,4,6H2,1-3H3. The normalized spacial score (nSPS) is 13.6. The summed E-state index contributed by atoms with van der Waals surface area (Å²) >= 11 is 0. The zero-order chi connectivity index (χ0) is 7.98. The number of carbonyl (C=O) groups is 1. The van der Waals surface area contributed by atoms with Crippen LogP contribution in [0, 0.1) is 5.92 Å². The van der Waals surface area contributed by atoms with E-state index in [0.717, 1.165) is 12.7 Å². The predicted octanol–water partition coefficient (Wildman–Crippen LogP) is 1.64. The van der Waals surface area contributed by atoms with E-state index in [-0.39, 0.29) is 6.10 Å². The van der Waals surface area contributed by atoms with E-state index >= 15 is 0 Å². The van der Waals surface area contributed by atoms with Crippen molar-refractivity contribution in [3.63, 3.8) is 0 Å². The van der Waals surface area contributed by atoms with Crippen LogP contribution in [0.3, 0.4) is 0 Å². The first-order valence-electron chi connectivity index (χ1n) is 3.77. The van der Waals surface area contributed by atoms with Crippen molar-refractivity contribution in [2.75, 3.05) is 6.61 Å². The van der Waals surface area contributed by atoms with Crippen LogP contribution in [0.5, 0.6) is 0 Å². The van der Waals surface area contributed by atoms with Gasteiger partial charge in [-0.05, 0) is 12.3 Å². The lowest BCUT2D eigenvalue weighted by Crippen LogP contribution is -2.16. The van der Waals surface area contributed by atoms with Gasteiger partial charge in [0.2, 0.25) is 0 Å². The maximum atomic E-state index is 10.2. The Morgan fingerprint density at radius 2 is 2.10 bits per heavy atom. The lowest BCUT2D eigenvalue weighted by Gasteiger charge is -2.10. The second-order valence-electron chi connectivity index (χ2n) is 2.81. The van der Waals surface area contributed by atoms with Crippen LogP contribution in [0.4, 0.5) is 0 Å². The lowest BCUT2D eigenvalue weighted by molar-refractivity contribution is -0.118. The zero-order valence-corrected chi connectivity index (χ0v) is 6.96. The first kappa shape index (κ1) is 9.63. The second kappa shape index (κ2) is 5.42. The molecule has 0 aliphatic carbocycles. The third-order valence-electron chi connectivity index (χ3n) is 1.20. The van der Waals surface area contributed by atoms with Crippen LogP contribution in [0.25, 0.3) is 0 Å². The molecule has 0 heterocycles. The highest BCUT2D eigenvalue weighted by Crippen LogP contribution is 1.98. The average Bonchev–Trinajstić information content (AvgIpc) is 1.90. The molecule has 60 valence electrons. The molecule has 0 rings (SSSR count). The molecule has 0 N–H and O–H groups in total. The van der Waals surface area contributed by atoms with Gasteiger partial charge < -0.3 is 9.53 Å². The van der Waals surface area contributed by atoms with Crippen molar-refractivity contribution in [2.24, 2.45) is 5.92 Å². The minimum atomic E-state index is -0.192. The Balaban J connectivity index is 3.34. The third-order valence-corrected chi connectivity index (χ3v) is 1.20. The SMILES string of the molecule is CCC(C=O)OCC(C)C. The third kappa shape index (κ3) is 4.50. The molecule has 0 aromatic rings. The van der Waals surface area contributed by atoms with Gasteiger partial charge in [0.1, 0.15) is 12.4 Å². The maximum absolute atomic E-state index is 10.2. The number of rotatable bonds is 5. The van der Waals surface area contributed by atoms with Gasteiger partial charge in [-0.15, -0.1) is 0 Å². The van der Waals surface area contributed by atoms with Crippen LogP contribution < -0.4 is 0 Å². The molecule has 0 fully saturated rings. The zero-order valence-electron chi connectivity index (χ0n) is 6.96. The van der Waals surface area contributed by atoms with Gasteiger partial charge in [0.05, 0.1) is 0 Å². The molecule has 0 radical (unpaired) electrons. The molecule has 2 nitrogen and oxygen atoms in total. The summed E-state index contributed by atoms with van der Waals surface area (Å²) in [5.74, 6) is 0.508. The van der Waals surface area contributed by atoms with Crippen molar-refractivity contribution >= 4 is 6.29 Å². The van der Waals surface area contributed by atoms with Crippen molar-refractivity contribution in [1.29, 1.82) is 0 Å². The fourth-order valence-electron chi connectivity index (χ4n) is 0.569. The number of carbonyl (C=O) groups excluding carboxylic acids is 1. The van der Waals surface area contributed by atoms with E-state index in [0.29, 0.717) is 12.5 Å². The molecule has 0 bridgehead atoms. The van der Waals surface area contributed by atoms with E-state index in [1.807, 2.05) is 6.92 Å². The largest absolute Gasteiger partial charge is 0.371 e. The van der Waals surface area contributed by atoms with Gasteiger partial charge in [-0.2, -0.15) is 0 Å². The topological polar surface area (TPSA) is 26.3 Å². The number of aldehydes is 1. The van der Waals surface area contributed by atoms with Crippen LogP contribution in [0.2, 0.25) is 0 Å². The fraction of sp³-hybridized carbons (Fsp3) is 0.875. The van der Waals surface area contributed by atoms with Crippen LogP contribution in [0.1, 0.15) is 27.2 Å². The van der Waals surface area contributed by atoms with E-state index in [2.05, 4.69) is 13.8 Å². The maximum Gasteiger partial charge on any atom is 0.148 e. The van der Waals surface area contributed by atoms with Crippen LogP contribution >= 0.6 is 0 Å². The molecule has 0 aromatic heterocycles. The van der Waals surface area contributed by atoms with Crippen molar-refractivity contribution in [2.45, 2.75) is 33.3 Å². The van der Waals surface area contributed by atoms with E-state index in [4.69, 9.17) is 4.74 Å². The average molecular weight is 144 g/mol. The van der Waals surface area contributed by atoms with Crippen LogP contribution in [-0.4, -0.2) is 19.0 Å². The Bertz CT molecular complexity index is 89.3. The Labute approximate surface area is 62.6 Å². The Morgan fingerprint density at radius 1 is 1.50 bits per heavy atom. The summed E-state index contributed by atoms with van der Waals surface area (Å²) in [4.78, 5) is 10.2. The van der Waals surface area contributed by atoms with Gasteiger partial charge in [0.15, 0.2) is 0 Å². The van der Waals surface area contributed by atoms with E-state index in [9.17, 15) is 4.79 Å². The summed E-state index contributed by atoms with van der Waals surface area (Å²) in [6.07, 6.45) is 1.45. The minimum Gasteiger partial charge on any atom is -0.371 e. The molecule has 1 atom stereocenters. The van der Waals surface area contributed by atoms with E-state index in [1.165, 1.54) is 0 Å². The van der Waals surface area contributed by atoms with Crippen molar-refractivity contribution in [3.05, 3.63) is 0 Å². The highest BCUT2D eigenvalue weighted by Gasteiger charge is 2.04. The van der Waals surface area contributed by atoms with Gasteiger partial charge in [0.25, 0.3) is 0 Å². The molecule has 0 aromatic carbocycles. The summed E-state index contributed by atoms with van der Waals surface area (Å²) in [6, 6.07) is 0. The lowest BCUT2D eigenvalue weighted by atomic mass is 10.2. The summed E-state index contributed by atoms with van der Waals surface area (Å²) in [6.45, 7) is 6.76. The molecule has 0 saturated carbocycles. The molecule has 2 heteroatoms. The summed E-state index contributed by atoms with van der Waals surface area (Å²) in [5.41, 5.74) is 0. The summed E-state index contributed by atoms with van der Waals surface area (Å²) in [5, 5.41) is 0. The van der Waals surface area contributed by atoms with Gasteiger partial charge in [0, 0.05) is 6.61 Å². The van der Waals surface area contributed by atoms with E-state index in [1.54, 1.807) is 0 Å². The number of hydrogen-bond donors (Lipinski definition) is 0. The van der Waals surface area contributed by atoms with Crippen LogP contribution in [0.15, 0.2) is 0 Å². The van der Waals surface area contributed by atoms with Crippen molar-refractivity contribution < 1.29 is 9.53 Å². The van der Waals surface area contributed by atoms with Crippen molar-refractivity contribution in [3.8, 4) is 0 Å².